The first-order valence-corrected chi connectivity index (χ1v) is 4.83. The summed E-state index contributed by atoms with van der Waals surface area (Å²) in [5.74, 6) is 0.970. The van der Waals surface area contributed by atoms with Crippen LogP contribution in [0.5, 0.6) is 6.01 Å². The highest BCUT2D eigenvalue weighted by Gasteiger charge is 1.96. The molecule has 1 rings (SSSR count). The Balaban J connectivity index is 2.41. The van der Waals surface area contributed by atoms with Gasteiger partial charge in [0, 0.05) is 17.6 Å². The summed E-state index contributed by atoms with van der Waals surface area (Å²) >= 11 is 1.39. The molecule has 0 saturated heterocycles. The molecule has 0 unspecified atom stereocenters. The Morgan fingerprint density at radius 3 is 3.08 bits per heavy atom. The molecule has 0 N–H and O–H groups in total. The van der Waals surface area contributed by atoms with Gasteiger partial charge in [0.2, 0.25) is 0 Å². The zero-order valence-electron chi connectivity index (χ0n) is 7.28. The van der Waals surface area contributed by atoms with Gasteiger partial charge < -0.3 is 4.18 Å². The molecule has 1 aromatic rings. The third-order valence-corrected chi connectivity index (χ3v) is 2.04. The standard InChI is InChI=1S/C8H12N2OS/c1-3-6-12-11-8-9-5-4-7(2)10-8/h4-5H,3,6H2,1-2H3. The third kappa shape index (κ3) is 3.09. The lowest BCUT2D eigenvalue weighted by atomic mass is 10.5. The Bertz CT molecular complexity index is 242. The number of nitrogens with zero attached hydrogens (tertiary/aromatic N) is 2. The Hall–Kier alpha value is -0.770. The quantitative estimate of drug-likeness (QED) is 0.531. The van der Waals surface area contributed by atoms with Gasteiger partial charge in [0.25, 0.3) is 0 Å². The fourth-order valence-corrected chi connectivity index (χ4v) is 1.08. The van der Waals surface area contributed by atoms with Crippen molar-refractivity contribution >= 4 is 12.0 Å². The van der Waals surface area contributed by atoms with E-state index in [2.05, 4.69) is 16.9 Å². The average Bonchev–Trinajstić information content (AvgIpc) is 2.05. The lowest BCUT2D eigenvalue weighted by molar-refractivity contribution is 0.581. The van der Waals surface area contributed by atoms with Crippen molar-refractivity contribution in [3.05, 3.63) is 18.0 Å². The van der Waals surface area contributed by atoms with Crippen molar-refractivity contribution in [3.8, 4) is 6.01 Å². The molecular weight excluding hydrogens is 172 g/mol. The van der Waals surface area contributed by atoms with E-state index in [9.17, 15) is 0 Å². The van der Waals surface area contributed by atoms with Crippen molar-refractivity contribution in [1.29, 1.82) is 0 Å². The van der Waals surface area contributed by atoms with E-state index in [4.69, 9.17) is 4.18 Å². The summed E-state index contributed by atoms with van der Waals surface area (Å²) < 4.78 is 5.22. The average molecular weight is 184 g/mol. The summed E-state index contributed by atoms with van der Waals surface area (Å²) in [5, 5.41) is 0. The molecular formula is C8H12N2OS. The van der Waals surface area contributed by atoms with Crippen molar-refractivity contribution in [2.75, 3.05) is 5.75 Å². The topological polar surface area (TPSA) is 35.0 Å². The van der Waals surface area contributed by atoms with Gasteiger partial charge in [-0.15, -0.1) is 0 Å². The fourth-order valence-electron chi connectivity index (χ4n) is 0.644. The van der Waals surface area contributed by atoms with Crippen molar-refractivity contribution in [1.82, 2.24) is 9.97 Å². The molecule has 0 atom stereocenters. The molecule has 0 spiro atoms. The van der Waals surface area contributed by atoms with Gasteiger partial charge in [0.05, 0.1) is 12.0 Å². The van der Waals surface area contributed by atoms with Gasteiger partial charge in [0.15, 0.2) is 0 Å². The van der Waals surface area contributed by atoms with Crippen LogP contribution < -0.4 is 4.18 Å². The van der Waals surface area contributed by atoms with Gasteiger partial charge in [-0.1, -0.05) is 6.92 Å². The van der Waals surface area contributed by atoms with Crippen molar-refractivity contribution in [2.24, 2.45) is 0 Å². The predicted octanol–water partition coefficient (Wildman–Crippen LogP) is 2.22. The summed E-state index contributed by atoms with van der Waals surface area (Å²) in [6, 6.07) is 2.30. The van der Waals surface area contributed by atoms with E-state index >= 15 is 0 Å². The van der Waals surface area contributed by atoms with E-state index in [0.717, 1.165) is 17.9 Å². The number of aromatic nitrogens is 2. The molecule has 0 aliphatic rings. The largest absolute Gasteiger partial charge is 0.389 e. The number of hydrogen-bond donors (Lipinski definition) is 0. The molecule has 4 heteroatoms. The van der Waals surface area contributed by atoms with Crippen LogP contribution in [-0.4, -0.2) is 15.7 Å². The summed E-state index contributed by atoms with van der Waals surface area (Å²) in [6.45, 7) is 4.02. The highest BCUT2D eigenvalue weighted by atomic mass is 32.2. The summed E-state index contributed by atoms with van der Waals surface area (Å²) in [7, 11) is 0. The maximum absolute atomic E-state index is 5.22. The fraction of sp³-hybridized carbons (Fsp3) is 0.500. The number of aryl methyl sites for hydroxylation is 1. The first-order chi connectivity index (χ1) is 5.83. The highest BCUT2D eigenvalue weighted by Crippen LogP contribution is 2.10. The van der Waals surface area contributed by atoms with E-state index in [1.807, 2.05) is 13.0 Å². The van der Waals surface area contributed by atoms with Crippen LogP contribution in [0.15, 0.2) is 12.3 Å². The monoisotopic (exact) mass is 184 g/mol. The summed E-state index contributed by atoms with van der Waals surface area (Å²) in [5.41, 5.74) is 0.928. The lowest BCUT2D eigenvalue weighted by Gasteiger charge is -2.00. The minimum absolute atomic E-state index is 0.452. The van der Waals surface area contributed by atoms with Crippen molar-refractivity contribution < 1.29 is 4.18 Å². The van der Waals surface area contributed by atoms with E-state index in [1.165, 1.54) is 12.0 Å². The molecule has 12 heavy (non-hydrogen) atoms. The smallest absolute Gasteiger partial charge is 0.329 e. The van der Waals surface area contributed by atoms with Gasteiger partial charge in [-0.3, -0.25) is 0 Å². The SMILES string of the molecule is CCCSOc1nccc(C)n1. The molecule has 0 bridgehead atoms. The number of rotatable bonds is 4. The van der Waals surface area contributed by atoms with Gasteiger partial charge in [-0.2, -0.15) is 4.98 Å². The Morgan fingerprint density at radius 2 is 2.42 bits per heavy atom. The Labute approximate surface area is 76.8 Å². The van der Waals surface area contributed by atoms with Crippen LogP contribution in [0.4, 0.5) is 0 Å². The zero-order chi connectivity index (χ0) is 8.81. The molecule has 1 heterocycles. The molecule has 0 amide bonds. The molecule has 0 aliphatic heterocycles. The van der Waals surface area contributed by atoms with Crippen LogP contribution in [0.2, 0.25) is 0 Å². The maximum Gasteiger partial charge on any atom is 0.329 e. The first-order valence-electron chi connectivity index (χ1n) is 3.92. The molecule has 0 aliphatic carbocycles. The van der Waals surface area contributed by atoms with Crippen LogP contribution in [-0.2, 0) is 0 Å². The molecule has 66 valence electrons. The van der Waals surface area contributed by atoms with Crippen molar-refractivity contribution in [2.45, 2.75) is 20.3 Å². The predicted molar refractivity (Wildman–Crippen MR) is 50.1 cm³/mol. The minimum atomic E-state index is 0.452. The van der Waals surface area contributed by atoms with Gasteiger partial charge in [-0.05, 0) is 19.4 Å². The first kappa shape index (κ1) is 9.32. The van der Waals surface area contributed by atoms with Gasteiger partial charge in [-0.25, -0.2) is 4.98 Å². The summed E-state index contributed by atoms with van der Waals surface area (Å²) in [4.78, 5) is 8.05. The van der Waals surface area contributed by atoms with Crippen LogP contribution in [0.3, 0.4) is 0 Å². The van der Waals surface area contributed by atoms with E-state index in [-0.39, 0.29) is 0 Å². The van der Waals surface area contributed by atoms with Gasteiger partial charge in [0.1, 0.15) is 0 Å². The van der Waals surface area contributed by atoms with Crippen molar-refractivity contribution in [3.63, 3.8) is 0 Å². The van der Waals surface area contributed by atoms with E-state index in [0.29, 0.717) is 6.01 Å². The zero-order valence-corrected chi connectivity index (χ0v) is 8.10. The highest BCUT2D eigenvalue weighted by molar-refractivity contribution is 7.95. The molecule has 3 nitrogen and oxygen atoms in total. The molecule has 1 aromatic heterocycles. The lowest BCUT2D eigenvalue weighted by Crippen LogP contribution is -1.92. The molecule has 0 radical (unpaired) electrons. The van der Waals surface area contributed by atoms with E-state index < -0.39 is 0 Å². The minimum Gasteiger partial charge on any atom is -0.389 e. The molecule has 0 aromatic carbocycles. The normalized spacial score (nSPS) is 9.83. The van der Waals surface area contributed by atoms with Crippen LogP contribution in [0.25, 0.3) is 0 Å². The summed E-state index contributed by atoms with van der Waals surface area (Å²) in [6.07, 6.45) is 2.79. The third-order valence-electron chi connectivity index (χ3n) is 1.19. The van der Waals surface area contributed by atoms with Crippen LogP contribution in [0, 0.1) is 6.92 Å². The second kappa shape index (κ2) is 4.98. The molecule has 0 fully saturated rings. The molecule has 0 saturated carbocycles. The second-order valence-electron chi connectivity index (χ2n) is 2.39. The second-order valence-corrected chi connectivity index (χ2v) is 3.20. The van der Waals surface area contributed by atoms with Crippen LogP contribution >= 0.6 is 12.0 Å². The Morgan fingerprint density at radius 1 is 1.58 bits per heavy atom. The van der Waals surface area contributed by atoms with Crippen LogP contribution in [0.1, 0.15) is 19.0 Å². The maximum atomic E-state index is 5.22. The van der Waals surface area contributed by atoms with E-state index in [1.54, 1.807) is 6.20 Å². The Kier molecular flexibility index (Phi) is 3.87. The van der Waals surface area contributed by atoms with Gasteiger partial charge >= 0.3 is 6.01 Å². The number of hydrogen-bond acceptors (Lipinski definition) is 4.